The van der Waals surface area contributed by atoms with Gasteiger partial charge in [-0.05, 0) is 60.0 Å². The van der Waals surface area contributed by atoms with Crippen LogP contribution in [0.1, 0.15) is 54.3 Å². The fourth-order valence-electron chi connectivity index (χ4n) is 4.94. The van der Waals surface area contributed by atoms with Gasteiger partial charge in [0.05, 0.1) is 23.1 Å². The van der Waals surface area contributed by atoms with Gasteiger partial charge in [-0.1, -0.05) is 60.1 Å². The average molecular weight is 616 g/mol. The van der Waals surface area contributed by atoms with Crippen molar-refractivity contribution in [2.45, 2.75) is 12.8 Å². The number of sulfonamides is 1. The van der Waals surface area contributed by atoms with Crippen molar-refractivity contribution in [1.82, 2.24) is 4.72 Å². The molecule has 1 aliphatic rings. The molecule has 0 bridgehead atoms. The fraction of sp³-hybridized carbons (Fsp3) is 0.125. The first-order valence-corrected chi connectivity index (χ1v) is 15.6. The molecule has 0 fully saturated rings. The number of rotatable bonds is 6. The normalized spacial score (nSPS) is 13.1. The fourth-order valence-corrected chi connectivity index (χ4v) is 5.56. The zero-order valence-electron chi connectivity index (χ0n) is 23.0. The summed E-state index contributed by atoms with van der Waals surface area (Å²) in [5, 5.41) is 3.09. The molecule has 218 valence electrons. The van der Waals surface area contributed by atoms with E-state index in [0.29, 0.717) is 28.3 Å². The highest BCUT2D eigenvalue weighted by atomic mass is 35.5. The number of anilines is 2. The van der Waals surface area contributed by atoms with Gasteiger partial charge in [0.25, 0.3) is 17.7 Å². The summed E-state index contributed by atoms with van der Waals surface area (Å²) in [5.74, 6) is -2.31. The Kier molecular flexibility index (Phi) is 8.43. The molecule has 4 aromatic rings. The molecule has 2 N–H and O–H groups in total. The summed E-state index contributed by atoms with van der Waals surface area (Å²) >= 11 is 6.12. The third kappa shape index (κ3) is 6.66. The number of carbonyl (C=O) groups is 4. The zero-order valence-corrected chi connectivity index (χ0v) is 24.5. The van der Waals surface area contributed by atoms with E-state index < -0.39 is 27.7 Å². The molecular formula is C32H26ClN3O6S. The van der Waals surface area contributed by atoms with E-state index in [-0.39, 0.29) is 41.1 Å². The summed E-state index contributed by atoms with van der Waals surface area (Å²) < 4.78 is 25.8. The van der Waals surface area contributed by atoms with Crippen molar-refractivity contribution >= 4 is 56.5 Å². The summed E-state index contributed by atoms with van der Waals surface area (Å²) in [7, 11) is -3.99. The number of carbonyl (C=O) groups excluding carboxylic acids is 4. The van der Waals surface area contributed by atoms with E-state index in [2.05, 4.69) is 5.32 Å². The van der Waals surface area contributed by atoms with Gasteiger partial charge in [-0.15, -0.1) is 0 Å². The lowest BCUT2D eigenvalue weighted by atomic mass is 9.99. The molecule has 0 atom stereocenters. The number of hydrogen-bond donors (Lipinski definition) is 2. The van der Waals surface area contributed by atoms with Crippen LogP contribution in [-0.4, -0.2) is 44.7 Å². The van der Waals surface area contributed by atoms with Gasteiger partial charge in [-0.3, -0.25) is 19.2 Å². The molecule has 1 aliphatic heterocycles. The van der Waals surface area contributed by atoms with Crippen molar-refractivity contribution in [3.8, 4) is 11.1 Å². The largest absolute Gasteiger partial charge is 0.322 e. The van der Waals surface area contributed by atoms with Crippen LogP contribution in [0.25, 0.3) is 11.1 Å². The molecule has 43 heavy (non-hydrogen) atoms. The van der Waals surface area contributed by atoms with Gasteiger partial charge >= 0.3 is 0 Å². The Morgan fingerprint density at radius 1 is 0.791 bits per heavy atom. The second kappa shape index (κ2) is 12.2. The molecule has 0 aliphatic carbocycles. The maximum atomic E-state index is 13.9. The van der Waals surface area contributed by atoms with Gasteiger partial charge in [0, 0.05) is 34.8 Å². The molecule has 9 nitrogen and oxygen atoms in total. The number of nitrogens with one attached hydrogen (secondary N) is 2. The number of fused-ring (bicyclic) bond motifs is 1. The van der Waals surface area contributed by atoms with Crippen LogP contribution in [0.5, 0.6) is 0 Å². The number of Topliss-reactive ketones (excluding diaryl/α,β-unsaturated/α-hetero) is 1. The predicted octanol–water partition coefficient (Wildman–Crippen LogP) is 5.57. The lowest BCUT2D eigenvalue weighted by Crippen LogP contribution is -2.35. The highest BCUT2D eigenvalue weighted by Crippen LogP contribution is 2.31. The number of benzene rings is 4. The maximum Gasteiger partial charge on any atom is 0.265 e. The molecule has 4 aromatic carbocycles. The summed E-state index contributed by atoms with van der Waals surface area (Å²) in [5.41, 5.74) is 2.30. The van der Waals surface area contributed by atoms with Crippen LogP contribution >= 0.6 is 11.6 Å². The van der Waals surface area contributed by atoms with Crippen LogP contribution in [0.15, 0.2) is 91.0 Å². The minimum absolute atomic E-state index is 0.112. The summed E-state index contributed by atoms with van der Waals surface area (Å²) in [6, 6.07) is 25.0. The van der Waals surface area contributed by atoms with Crippen LogP contribution < -0.4 is 14.9 Å². The average Bonchev–Trinajstić information content (AvgIpc) is 3.14. The quantitative estimate of drug-likeness (QED) is 0.292. The van der Waals surface area contributed by atoms with Crippen LogP contribution in [0.4, 0.5) is 11.4 Å². The van der Waals surface area contributed by atoms with Crippen molar-refractivity contribution in [3.05, 3.63) is 118 Å². The first-order valence-electron chi connectivity index (χ1n) is 13.3. The summed E-state index contributed by atoms with van der Waals surface area (Å²) in [6.07, 6.45) is 1.39. The number of hydrogen-bond acceptors (Lipinski definition) is 6. The molecule has 5 rings (SSSR count). The van der Waals surface area contributed by atoms with Gasteiger partial charge in [-0.25, -0.2) is 13.1 Å². The highest BCUT2D eigenvalue weighted by molar-refractivity contribution is 7.89. The molecule has 11 heteroatoms. The molecule has 0 saturated heterocycles. The Bertz CT molecular complexity index is 1880. The van der Waals surface area contributed by atoms with Crippen LogP contribution in [0, 0.1) is 0 Å². The lowest BCUT2D eigenvalue weighted by Gasteiger charge is -2.24. The summed E-state index contributed by atoms with van der Waals surface area (Å²) in [4.78, 5) is 54.6. The smallest absolute Gasteiger partial charge is 0.265 e. The molecule has 1 heterocycles. The lowest BCUT2D eigenvalue weighted by molar-refractivity contribution is 0.0950. The summed E-state index contributed by atoms with van der Waals surface area (Å²) in [6.45, 7) is 0.182. The molecule has 3 amide bonds. The van der Waals surface area contributed by atoms with E-state index in [1.54, 1.807) is 24.3 Å². The SMILES string of the molecule is CS(=O)(=O)NC(=O)c1cc(NC(=O)c2ccccc2-c2ccccc2)ccc1C(=O)N1CCCC(=O)c2cc(Cl)ccc21. The number of amides is 3. The Morgan fingerprint density at radius 2 is 1.51 bits per heavy atom. The van der Waals surface area contributed by atoms with Crippen LogP contribution in [0.3, 0.4) is 0 Å². The second-order valence-electron chi connectivity index (χ2n) is 9.97. The van der Waals surface area contributed by atoms with E-state index in [1.807, 2.05) is 47.2 Å². The molecule has 0 aromatic heterocycles. The van der Waals surface area contributed by atoms with Crippen LogP contribution in [0.2, 0.25) is 5.02 Å². The van der Waals surface area contributed by atoms with Crippen LogP contribution in [-0.2, 0) is 10.0 Å². The molecular weight excluding hydrogens is 590 g/mol. The van der Waals surface area contributed by atoms with Gasteiger partial charge in [0.15, 0.2) is 5.78 Å². The zero-order chi connectivity index (χ0) is 30.7. The van der Waals surface area contributed by atoms with Gasteiger partial charge in [0.1, 0.15) is 0 Å². The van der Waals surface area contributed by atoms with Crippen molar-refractivity contribution in [2.24, 2.45) is 0 Å². The Labute approximate surface area is 253 Å². The van der Waals surface area contributed by atoms with Gasteiger partial charge in [0.2, 0.25) is 10.0 Å². The van der Waals surface area contributed by atoms with E-state index in [9.17, 15) is 27.6 Å². The third-order valence-electron chi connectivity index (χ3n) is 6.87. The van der Waals surface area contributed by atoms with E-state index in [0.717, 1.165) is 11.8 Å². The van der Waals surface area contributed by atoms with Gasteiger partial charge in [-0.2, -0.15) is 0 Å². The highest BCUT2D eigenvalue weighted by Gasteiger charge is 2.29. The standard InChI is InChI=1S/C32H26ClN3O6S/c1-43(41,42)35-31(39)26-19-22(34-30(38)24-11-6-5-10-23(24)20-8-3-2-4-9-20)14-15-25(26)32(40)36-17-7-12-29(37)27-18-21(33)13-16-28(27)36/h2-6,8-11,13-16,18-19H,7,12,17H2,1H3,(H,34,38)(H,35,39). The number of halogens is 1. The van der Waals surface area contributed by atoms with Crippen molar-refractivity contribution < 1.29 is 27.6 Å². The Morgan fingerprint density at radius 3 is 2.26 bits per heavy atom. The van der Waals surface area contributed by atoms with Gasteiger partial charge < -0.3 is 10.2 Å². The predicted molar refractivity (Wildman–Crippen MR) is 165 cm³/mol. The van der Waals surface area contributed by atoms with E-state index >= 15 is 0 Å². The molecule has 0 saturated carbocycles. The third-order valence-corrected chi connectivity index (χ3v) is 7.66. The Balaban J connectivity index is 1.53. The molecule has 0 radical (unpaired) electrons. The maximum absolute atomic E-state index is 13.9. The second-order valence-corrected chi connectivity index (χ2v) is 12.2. The minimum Gasteiger partial charge on any atom is -0.322 e. The first-order chi connectivity index (χ1) is 20.5. The Hall–Kier alpha value is -4.80. The molecule has 0 unspecified atom stereocenters. The van der Waals surface area contributed by atoms with E-state index in [1.165, 1.54) is 29.2 Å². The van der Waals surface area contributed by atoms with E-state index in [4.69, 9.17) is 11.6 Å². The van der Waals surface area contributed by atoms with Crippen molar-refractivity contribution in [1.29, 1.82) is 0 Å². The monoisotopic (exact) mass is 615 g/mol. The van der Waals surface area contributed by atoms with Crippen molar-refractivity contribution in [2.75, 3.05) is 23.0 Å². The number of ketones is 1. The first kappa shape index (κ1) is 29.7. The minimum atomic E-state index is -3.99. The van der Waals surface area contributed by atoms with Crippen molar-refractivity contribution in [3.63, 3.8) is 0 Å². The number of nitrogens with zero attached hydrogens (tertiary/aromatic N) is 1. The topological polar surface area (TPSA) is 130 Å². The molecule has 0 spiro atoms.